The average Bonchev–Trinajstić information content (AvgIpc) is 2.03. The summed E-state index contributed by atoms with van der Waals surface area (Å²) in [4.78, 5) is 12.6. The van der Waals surface area contributed by atoms with Crippen molar-refractivity contribution < 1.29 is 9.53 Å². The molecule has 78 valence electrons. The van der Waals surface area contributed by atoms with Crippen LogP contribution in [0.15, 0.2) is 12.7 Å². The van der Waals surface area contributed by atoms with E-state index in [0.29, 0.717) is 6.61 Å². The second kappa shape index (κ2) is 8.04. The zero-order valence-corrected chi connectivity index (χ0v) is 9.06. The lowest BCUT2D eigenvalue weighted by Gasteiger charge is -2.23. The summed E-state index contributed by atoms with van der Waals surface area (Å²) in [5, 5.41) is 2.61. The van der Waals surface area contributed by atoms with Crippen molar-refractivity contribution in [1.29, 1.82) is 0 Å². The molecule has 0 aliphatic heterocycles. The number of hydrogen-bond acceptors (Lipinski definition) is 3. The van der Waals surface area contributed by atoms with Crippen LogP contribution in [0.3, 0.4) is 0 Å². The van der Waals surface area contributed by atoms with Crippen LogP contribution in [-0.2, 0) is 9.53 Å². The first-order valence-electron chi connectivity index (χ1n) is 3.82. The summed E-state index contributed by atoms with van der Waals surface area (Å²) in [6.45, 7) is 5.77. The fourth-order valence-corrected chi connectivity index (χ4v) is 0.658. The van der Waals surface area contributed by atoms with Gasteiger partial charge in [-0.25, -0.2) is 0 Å². The number of halogens is 1. The Morgan fingerprint density at radius 1 is 1.69 bits per heavy atom. The fraction of sp³-hybridized carbons (Fsp3) is 0.625. The lowest BCUT2D eigenvalue weighted by Crippen LogP contribution is -2.45. The summed E-state index contributed by atoms with van der Waals surface area (Å²) in [5.41, 5.74) is 0. The Bertz CT molecular complexity index is 162. The minimum absolute atomic E-state index is 0. The number of nitrogens with one attached hydrogen (secondary N) is 1. The van der Waals surface area contributed by atoms with Crippen molar-refractivity contribution in [2.75, 3.05) is 20.7 Å². The molecule has 0 rings (SSSR count). The van der Waals surface area contributed by atoms with E-state index in [0.717, 1.165) is 0 Å². The van der Waals surface area contributed by atoms with Gasteiger partial charge in [0.05, 0.1) is 0 Å². The predicted molar refractivity (Wildman–Crippen MR) is 54.7 cm³/mol. The summed E-state index contributed by atoms with van der Waals surface area (Å²) < 4.78 is 5.22. The molecule has 1 atom stereocenters. The molecule has 0 saturated heterocycles. The number of rotatable bonds is 5. The van der Waals surface area contributed by atoms with Gasteiger partial charge in [-0.15, -0.1) is 12.4 Å². The third-order valence-electron chi connectivity index (χ3n) is 1.24. The molecular weight excluding hydrogens is 192 g/mol. The number of ether oxygens (including phenoxy) is 1. The molecule has 5 heteroatoms. The van der Waals surface area contributed by atoms with Gasteiger partial charge in [0.2, 0.25) is 5.91 Å². The van der Waals surface area contributed by atoms with Gasteiger partial charge in [0.25, 0.3) is 0 Å². The van der Waals surface area contributed by atoms with E-state index in [1.807, 2.05) is 21.0 Å². The maximum Gasteiger partial charge on any atom is 0.246 e. The van der Waals surface area contributed by atoms with Crippen molar-refractivity contribution in [3.63, 3.8) is 0 Å². The summed E-state index contributed by atoms with van der Waals surface area (Å²) in [5.74, 6) is -0.234. The van der Waals surface area contributed by atoms with Gasteiger partial charge in [0.15, 0.2) is 6.35 Å². The molecule has 0 aromatic heterocycles. The van der Waals surface area contributed by atoms with Gasteiger partial charge in [-0.1, -0.05) is 6.58 Å². The highest BCUT2D eigenvalue weighted by atomic mass is 35.5. The van der Waals surface area contributed by atoms with Crippen molar-refractivity contribution >= 4 is 18.3 Å². The van der Waals surface area contributed by atoms with Crippen molar-refractivity contribution in [1.82, 2.24) is 10.2 Å². The third kappa shape index (κ3) is 6.57. The van der Waals surface area contributed by atoms with Crippen molar-refractivity contribution in [3.8, 4) is 0 Å². The quantitative estimate of drug-likeness (QED) is 0.531. The summed E-state index contributed by atoms with van der Waals surface area (Å²) in [6.07, 6.45) is 0.843. The highest BCUT2D eigenvalue weighted by Gasteiger charge is 2.11. The summed E-state index contributed by atoms with van der Waals surface area (Å²) >= 11 is 0. The topological polar surface area (TPSA) is 41.6 Å². The van der Waals surface area contributed by atoms with E-state index in [-0.39, 0.29) is 24.7 Å². The van der Waals surface area contributed by atoms with Gasteiger partial charge in [-0.2, -0.15) is 0 Å². The number of carbonyl (C=O) groups is 1. The Balaban J connectivity index is 0. The van der Waals surface area contributed by atoms with Crippen molar-refractivity contribution in [3.05, 3.63) is 12.7 Å². The lowest BCUT2D eigenvalue weighted by atomic mass is 10.6. The SMILES string of the molecule is C=CC(=O)NC(OCC)N(C)C.Cl. The Hall–Kier alpha value is -0.580. The number of amides is 1. The molecule has 0 fully saturated rings. The molecule has 1 unspecified atom stereocenters. The first-order chi connectivity index (χ1) is 5.61. The maximum absolute atomic E-state index is 10.9. The lowest BCUT2D eigenvalue weighted by molar-refractivity contribution is -0.126. The third-order valence-corrected chi connectivity index (χ3v) is 1.24. The van der Waals surface area contributed by atoms with Crippen LogP contribution < -0.4 is 5.32 Å². The Kier molecular flexibility index (Phi) is 9.22. The van der Waals surface area contributed by atoms with Gasteiger partial charge in [0, 0.05) is 6.61 Å². The first kappa shape index (κ1) is 14.9. The number of nitrogens with zero attached hydrogens (tertiary/aromatic N) is 1. The molecule has 1 amide bonds. The molecule has 0 aliphatic rings. The smallest absolute Gasteiger partial charge is 0.246 e. The summed E-state index contributed by atoms with van der Waals surface area (Å²) in [6, 6.07) is 0. The van der Waals surface area contributed by atoms with E-state index in [4.69, 9.17) is 4.74 Å². The van der Waals surface area contributed by atoms with Crippen LogP contribution in [0.5, 0.6) is 0 Å². The maximum atomic E-state index is 10.9. The van der Waals surface area contributed by atoms with Crippen LogP contribution in [-0.4, -0.2) is 37.9 Å². The fourth-order valence-electron chi connectivity index (χ4n) is 0.658. The Morgan fingerprint density at radius 3 is 2.54 bits per heavy atom. The van der Waals surface area contributed by atoms with Crippen LogP contribution in [0.2, 0.25) is 0 Å². The molecule has 13 heavy (non-hydrogen) atoms. The number of hydrogen-bond donors (Lipinski definition) is 1. The molecular formula is C8H17ClN2O2. The molecule has 0 aromatic rings. The summed E-state index contributed by atoms with van der Waals surface area (Å²) in [7, 11) is 3.65. The van der Waals surface area contributed by atoms with E-state index in [2.05, 4.69) is 11.9 Å². The minimum Gasteiger partial charge on any atom is -0.345 e. The van der Waals surface area contributed by atoms with Gasteiger partial charge < -0.3 is 10.1 Å². The van der Waals surface area contributed by atoms with Gasteiger partial charge in [-0.3, -0.25) is 9.69 Å². The van der Waals surface area contributed by atoms with Crippen LogP contribution >= 0.6 is 12.4 Å². The monoisotopic (exact) mass is 208 g/mol. The highest BCUT2D eigenvalue weighted by Crippen LogP contribution is 1.91. The first-order valence-corrected chi connectivity index (χ1v) is 3.82. The normalized spacial score (nSPS) is 11.7. The standard InChI is InChI=1S/C8H16N2O2.ClH/c1-5-7(11)9-8(10(3)4)12-6-2;/h5,8H,1,6H2,2-4H3,(H,9,11);1H. The zero-order chi connectivity index (χ0) is 9.56. The van der Waals surface area contributed by atoms with E-state index in [1.54, 1.807) is 4.90 Å². The van der Waals surface area contributed by atoms with Gasteiger partial charge in [-0.05, 0) is 27.1 Å². The van der Waals surface area contributed by atoms with E-state index in [1.165, 1.54) is 6.08 Å². The molecule has 0 spiro atoms. The van der Waals surface area contributed by atoms with Crippen molar-refractivity contribution in [2.24, 2.45) is 0 Å². The molecule has 4 nitrogen and oxygen atoms in total. The predicted octanol–water partition coefficient (Wildman–Crippen LogP) is 0.592. The highest BCUT2D eigenvalue weighted by molar-refractivity contribution is 5.86. The number of carbonyl (C=O) groups excluding carboxylic acids is 1. The largest absolute Gasteiger partial charge is 0.345 e. The van der Waals surface area contributed by atoms with E-state index in [9.17, 15) is 4.79 Å². The molecule has 0 bridgehead atoms. The Morgan fingerprint density at radius 2 is 2.23 bits per heavy atom. The van der Waals surface area contributed by atoms with Crippen molar-refractivity contribution in [2.45, 2.75) is 13.3 Å². The van der Waals surface area contributed by atoms with E-state index >= 15 is 0 Å². The molecule has 0 aliphatic carbocycles. The van der Waals surface area contributed by atoms with Gasteiger partial charge >= 0.3 is 0 Å². The Labute approximate surface area is 85.3 Å². The molecule has 0 saturated carbocycles. The van der Waals surface area contributed by atoms with E-state index < -0.39 is 0 Å². The van der Waals surface area contributed by atoms with Crippen LogP contribution in [0.25, 0.3) is 0 Å². The second-order valence-electron chi connectivity index (χ2n) is 2.48. The molecule has 1 N–H and O–H groups in total. The molecule has 0 aromatic carbocycles. The average molecular weight is 209 g/mol. The molecule has 0 radical (unpaired) electrons. The molecule has 0 heterocycles. The second-order valence-corrected chi connectivity index (χ2v) is 2.48. The van der Waals surface area contributed by atoms with Crippen LogP contribution in [0.4, 0.5) is 0 Å². The van der Waals surface area contributed by atoms with Crippen LogP contribution in [0, 0.1) is 0 Å². The van der Waals surface area contributed by atoms with Gasteiger partial charge in [0.1, 0.15) is 0 Å². The van der Waals surface area contributed by atoms with Crippen LogP contribution in [0.1, 0.15) is 6.92 Å². The zero-order valence-electron chi connectivity index (χ0n) is 8.24. The minimum atomic E-state index is -0.375.